The van der Waals surface area contributed by atoms with Gasteiger partial charge in [-0.1, -0.05) is 0 Å². The van der Waals surface area contributed by atoms with E-state index >= 15 is 0 Å². The fourth-order valence-electron chi connectivity index (χ4n) is 1.45. The lowest BCUT2D eigenvalue weighted by Crippen LogP contribution is -2.00. The molecule has 0 aliphatic rings. The van der Waals surface area contributed by atoms with Crippen molar-refractivity contribution in [3.8, 4) is 0 Å². The van der Waals surface area contributed by atoms with Gasteiger partial charge in [-0.2, -0.15) is 0 Å². The van der Waals surface area contributed by atoms with Gasteiger partial charge < -0.3 is 4.42 Å². The molecule has 1 aromatic heterocycles. The average Bonchev–Trinajstić information content (AvgIpc) is 2.62. The van der Waals surface area contributed by atoms with Gasteiger partial charge in [0.25, 0.3) is 0 Å². The summed E-state index contributed by atoms with van der Waals surface area (Å²) < 4.78 is 18.1. The van der Waals surface area contributed by atoms with Crippen molar-refractivity contribution in [2.75, 3.05) is 0 Å². The van der Waals surface area contributed by atoms with Crippen molar-refractivity contribution in [1.82, 2.24) is 0 Å². The summed E-state index contributed by atoms with van der Waals surface area (Å²) in [6, 6.07) is 7.06. The molecular formula is C12H8ClFO2. The van der Waals surface area contributed by atoms with E-state index in [0.29, 0.717) is 5.56 Å². The van der Waals surface area contributed by atoms with Gasteiger partial charge in [0.15, 0.2) is 11.0 Å². The van der Waals surface area contributed by atoms with Gasteiger partial charge >= 0.3 is 0 Å². The van der Waals surface area contributed by atoms with E-state index in [9.17, 15) is 9.18 Å². The standard InChI is InChI=1S/C12H8ClFO2/c1-7-4-8(6-9(14)5-7)12(15)10-2-3-11(13)16-10/h2-6H,1H3. The quantitative estimate of drug-likeness (QED) is 0.748. The van der Waals surface area contributed by atoms with E-state index in [2.05, 4.69) is 0 Å². The van der Waals surface area contributed by atoms with Crippen molar-refractivity contribution in [3.05, 3.63) is 58.3 Å². The third-order valence-corrected chi connectivity index (χ3v) is 2.30. The minimum Gasteiger partial charge on any atom is -0.441 e. The van der Waals surface area contributed by atoms with Gasteiger partial charge in [-0.3, -0.25) is 4.79 Å². The van der Waals surface area contributed by atoms with E-state index in [1.165, 1.54) is 24.3 Å². The second-order valence-corrected chi connectivity index (χ2v) is 3.82. The van der Waals surface area contributed by atoms with Crippen LogP contribution < -0.4 is 0 Å². The van der Waals surface area contributed by atoms with Crippen LogP contribution in [-0.4, -0.2) is 5.78 Å². The van der Waals surface area contributed by atoms with Crippen LogP contribution >= 0.6 is 11.6 Å². The maximum absolute atomic E-state index is 13.1. The summed E-state index contributed by atoms with van der Waals surface area (Å²) in [5.41, 5.74) is 0.935. The molecule has 0 bridgehead atoms. The van der Waals surface area contributed by atoms with Crippen LogP contribution in [0.1, 0.15) is 21.7 Å². The first kappa shape index (κ1) is 10.9. The molecule has 2 aromatic rings. The Hall–Kier alpha value is -1.61. The third kappa shape index (κ3) is 2.14. The first-order valence-electron chi connectivity index (χ1n) is 4.63. The van der Waals surface area contributed by atoms with Crippen LogP contribution in [0.5, 0.6) is 0 Å². The minimum absolute atomic E-state index is 0.106. The molecule has 0 amide bonds. The van der Waals surface area contributed by atoms with Gasteiger partial charge in [0, 0.05) is 5.56 Å². The van der Waals surface area contributed by atoms with E-state index in [0.717, 1.165) is 0 Å². The van der Waals surface area contributed by atoms with Gasteiger partial charge in [0.05, 0.1) is 0 Å². The van der Waals surface area contributed by atoms with Crippen LogP contribution in [0.25, 0.3) is 0 Å². The number of hydrogen-bond donors (Lipinski definition) is 0. The van der Waals surface area contributed by atoms with Crippen LogP contribution in [0.4, 0.5) is 4.39 Å². The molecule has 0 aliphatic carbocycles. The lowest BCUT2D eigenvalue weighted by Gasteiger charge is -2.00. The number of carbonyl (C=O) groups excluding carboxylic acids is 1. The highest BCUT2D eigenvalue weighted by molar-refractivity contribution is 6.29. The predicted octanol–water partition coefficient (Wildman–Crippen LogP) is 3.61. The van der Waals surface area contributed by atoms with Crippen LogP contribution in [-0.2, 0) is 0 Å². The number of rotatable bonds is 2. The summed E-state index contributed by atoms with van der Waals surface area (Å²) in [4.78, 5) is 11.8. The van der Waals surface area contributed by atoms with Crippen molar-refractivity contribution in [2.24, 2.45) is 0 Å². The lowest BCUT2D eigenvalue weighted by molar-refractivity contribution is 0.101. The molecular weight excluding hydrogens is 231 g/mol. The van der Waals surface area contributed by atoms with E-state index in [1.807, 2.05) is 0 Å². The Morgan fingerprint density at radius 3 is 2.62 bits per heavy atom. The summed E-state index contributed by atoms with van der Waals surface area (Å²) >= 11 is 5.56. The topological polar surface area (TPSA) is 30.2 Å². The molecule has 1 heterocycles. The fourth-order valence-corrected chi connectivity index (χ4v) is 1.59. The van der Waals surface area contributed by atoms with E-state index < -0.39 is 5.82 Å². The zero-order valence-corrected chi connectivity index (χ0v) is 9.22. The maximum atomic E-state index is 13.1. The first-order chi connectivity index (χ1) is 7.56. The largest absolute Gasteiger partial charge is 0.441 e. The van der Waals surface area contributed by atoms with Gasteiger partial charge in [0.1, 0.15) is 5.82 Å². The molecule has 0 spiro atoms. The molecule has 0 fully saturated rings. The molecule has 2 nitrogen and oxygen atoms in total. The van der Waals surface area contributed by atoms with Gasteiger partial charge in [-0.05, 0) is 54.4 Å². The zero-order valence-electron chi connectivity index (χ0n) is 8.46. The van der Waals surface area contributed by atoms with E-state index in [-0.39, 0.29) is 22.3 Å². The van der Waals surface area contributed by atoms with Crippen molar-refractivity contribution in [3.63, 3.8) is 0 Å². The van der Waals surface area contributed by atoms with Crippen molar-refractivity contribution in [1.29, 1.82) is 0 Å². The van der Waals surface area contributed by atoms with Gasteiger partial charge in [-0.25, -0.2) is 4.39 Å². The number of aryl methyl sites for hydroxylation is 1. The molecule has 4 heteroatoms. The summed E-state index contributed by atoms with van der Waals surface area (Å²) in [5, 5.41) is 0.136. The first-order valence-corrected chi connectivity index (χ1v) is 5.01. The average molecular weight is 239 g/mol. The molecule has 1 aromatic carbocycles. The lowest BCUT2D eigenvalue weighted by atomic mass is 10.1. The molecule has 0 saturated carbocycles. The smallest absolute Gasteiger partial charge is 0.228 e. The van der Waals surface area contributed by atoms with Crippen LogP contribution in [0.2, 0.25) is 5.22 Å². The summed E-state index contributed by atoms with van der Waals surface area (Å²) in [7, 11) is 0. The van der Waals surface area contributed by atoms with E-state index in [4.69, 9.17) is 16.0 Å². The second kappa shape index (κ2) is 4.10. The second-order valence-electron chi connectivity index (χ2n) is 3.45. The van der Waals surface area contributed by atoms with Crippen LogP contribution in [0.15, 0.2) is 34.7 Å². The number of halogens is 2. The number of furan rings is 1. The Labute approximate surface area is 96.6 Å². The molecule has 0 radical (unpaired) electrons. The molecule has 16 heavy (non-hydrogen) atoms. The Kier molecular flexibility index (Phi) is 2.79. The maximum Gasteiger partial charge on any atom is 0.228 e. The highest BCUT2D eigenvalue weighted by Gasteiger charge is 2.14. The number of benzene rings is 1. The van der Waals surface area contributed by atoms with Crippen LogP contribution in [0.3, 0.4) is 0 Å². The number of carbonyl (C=O) groups is 1. The van der Waals surface area contributed by atoms with E-state index in [1.54, 1.807) is 13.0 Å². The molecule has 0 N–H and O–H groups in total. The van der Waals surface area contributed by atoms with Gasteiger partial charge in [-0.15, -0.1) is 0 Å². The molecule has 82 valence electrons. The molecule has 0 unspecified atom stereocenters. The predicted molar refractivity (Wildman–Crippen MR) is 58.3 cm³/mol. The molecule has 0 atom stereocenters. The normalized spacial score (nSPS) is 10.4. The minimum atomic E-state index is -0.444. The number of ketones is 1. The summed E-state index contributed by atoms with van der Waals surface area (Å²) in [6.07, 6.45) is 0. The SMILES string of the molecule is Cc1cc(F)cc(C(=O)c2ccc(Cl)o2)c1. The molecule has 2 rings (SSSR count). The Bertz CT molecular complexity index is 525. The summed E-state index contributed by atoms with van der Waals surface area (Å²) in [6.45, 7) is 1.72. The third-order valence-electron chi connectivity index (χ3n) is 2.10. The van der Waals surface area contributed by atoms with Crippen molar-refractivity contribution in [2.45, 2.75) is 6.92 Å². The monoisotopic (exact) mass is 238 g/mol. The van der Waals surface area contributed by atoms with Crippen molar-refractivity contribution >= 4 is 17.4 Å². The highest BCUT2D eigenvalue weighted by atomic mass is 35.5. The van der Waals surface area contributed by atoms with Gasteiger partial charge in [0.2, 0.25) is 5.78 Å². The van der Waals surface area contributed by atoms with Crippen molar-refractivity contribution < 1.29 is 13.6 Å². The molecule has 0 saturated heterocycles. The highest BCUT2D eigenvalue weighted by Crippen LogP contribution is 2.18. The zero-order chi connectivity index (χ0) is 11.7. The summed E-state index contributed by atoms with van der Waals surface area (Å²) in [5.74, 6) is -0.717. The molecule has 0 aliphatic heterocycles. The Morgan fingerprint density at radius 1 is 1.31 bits per heavy atom. The Balaban J connectivity index is 2.41. The number of hydrogen-bond acceptors (Lipinski definition) is 2. The van der Waals surface area contributed by atoms with Crippen LogP contribution in [0, 0.1) is 12.7 Å². The Morgan fingerprint density at radius 2 is 2.06 bits per heavy atom. The fraction of sp³-hybridized carbons (Fsp3) is 0.0833.